The molecular weight excluding hydrogens is 256 g/mol. The van der Waals surface area contributed by atoms with Gasteiger partial charge in [-0.1, -0.05) is 23.7 Å². The summed E-state index contributed by atoms with van der Waals surface area (Å²) < 4.78 is 5.83. The minimum Gasteiger partial charge on any atom is -0.494 e. The van der Waals surface area contributed by atoms with Crippen molar-refractivity contribution in [1.82, 2.24) is 4.98 Å². The Balaban J connectivity index is 2.39. The van der Waals surface area contributed by atoms with Gasteiger partial charge in [-0.15, -0.1) is 11.3 Å². The Hall–Kier alpha value is -1.57. The lowest BCUT2D eigenvalue weighted by Gasteiger charge is -2.03. The number of nitrogens with zero attached hydrogens (tertiary/aromatic N) is 2. The number of hydrogen-bond acceptors (Lipinski definition) is 4. The average molecular weight is 265 g/mol. The van der Waals surface area contributed by atoms with Crippen LogP contribution >= 0.6 is 22.9 Å². The summed E-state index contributed by atoms with van der Waals surface area (Å²) >= 11 is 7.19. The van der Waals surface area contributed by atoms with Crippen molar-refractivity contribution in [2.45, 2.75) is 6.92 Å². The van der Waals surface area contributed by atoms with Gasteiger partial charge in [-0.05, 0) is 19.1 Å². The summed E-state index contributed by atoms with van der Waals surface area (Å²) in [7, 11) is 0. The molecular formula is C12H9ClN2OS. The van der Waals surface area contributed by atoms with Crippen LogP contribution in [-0.4, -0.2) is 11.6 Å². The van der Waals surface area contributed by atoms with Crippen LogP contribution in [0.4, 0.5) is 0 Å². The highest BCUT2D eigenvalue weighted by Crippen LogP contribution is 2.32. The number of nitriles is 1. The van der Waals surface area contributed by atoms with E-state index in [0.717, 1.165) is 16.3 Å². The van der Waals surface area contributed by atoms with E-state index in [9.17, 15) is 0 Å². The molecule has 0 amide bonds. The van der Waals surface area contributed by atoms with Crippen LogP contribution in [0.5, 0.6) is 5.75 Å². The third-order valence-corrected chi connectivity index (χ3v) is 3.39. The molecule has 2 aromatic rings. The number of halogens is 1. The van der Waals surface area contributed by atoms with Crippen LogP contribution in [0.15, 0.2) is 24.3 Å². The van der Waals surface area contributed by atoms with Gasteiger partial charge in [0.2, 0.25) is 0 Å². The Morgan fingerprint density at radius 1 is 1.53 bits per heavy atom. The van der Waals surface area contributed by atoms with Crippen molar-refractivity contribution in [2.75, 3.05) is 6.61 Å². The number of rotatable bonds is 3. The first-order valence-corrected chi connectivity index (χ1v) is 6.23. The summed E-state index contributed by atoms with van der Waals surface area (Å²) in [5.41, 5.74) is 1.18. The van der Waals surface area contributed by atoms with Gasteiger partial charge < -0.3 is 4.74 Å². The zero-order valence-corrected chi connectivity index (χ0v) is 10.7. The lowest BCUT2D eigenvalue weighted by Crippen LogP contribution is -1.91. The quantitative estimate of drug-likeness (QED) is 0.848. The molecule has 0 aliphatic carbocycles. The molecule has 0 bridgehead atoms. The average Bonchev–Trinajstić information content (AvgIpc) is 2.71. The third kappa shape index (κ3) is 2.57. The van der Waals surface area contributed by atoms with Gasteiger partial charge in [-0.25, -0.2) is 4.98 Å². The molecule has 0 fully saturated rings. The molecule has 0 aliphatic heterocycles. The number of thiazole rings is 1. The van der Waals surface area contributed by atoms with Crippen molar-refractivity contribution in [3.8, 4) is 22.4 Å². The first-order valence-electron chi connectivity index (χ1n) is 5.04. The molecule has 0 spiro atoms. The largest absolute Gasteiger partial charge is 0.494 e. The normalized spacial score (nSPS) is 9.94. The van der Waals surface area contributed by atoms with Gasteiger partial charge in [0, 0.05) is 5.56 Å². The Morgan fingerprint density at radius 2 is 2.35 bits per heavy atom. The van der Waals surface area contributed by atoms with Crippen molar-refractivity contribution in [3.63, 3.8) is 0 Å². The fourth-order valence-corrected chi connectivity index (χ4v) is 2.42. The molecule has 2 rings (SSSR count). The Kier molecular flexibility index (Phi) is 3.62. The van der Waals surface area contributed by atoms with E-state index in [2.05, 4.69) is 4.98 Å². The molecule has 1 heterocycles. The van der Waals surface area contributed by atoms with Crippen molar-refractivity contribution in [2.24, 2.45) is 0 Å². The fourth-order valence-electron chi connectivity index (χ4n) is 1.38. The van der Waals surface area contributed by atoms with Gasteiger partial charge in [-0.3, -0.25) is 0 Å². The highest BCUT2D eigenvalue weighted by atomic mass is 35.5. The number of aromatic nitrogens is 1. The number of hydrogen-bond donors (Lipinski definition) is 0. The maximum Gasteiger partial charge on any atom is 0.170 e. The van der Waals surface area contributed by atoms with E-state index in [4.69, 9.17) is 21.6 Å². The maximum absolute atomic E-state index is 8.80. The summed E-state index contributed by atoms with van der Waals surface area (Å²) in [5.74, 6) is 0.787. The highest BCUT2D eigenvalue weighted by molar-refractivity contribution is 7.19. The fraction of sp³-hybridized carbons (Fsp3) is 0.167. The van der Waals surface area contributed by atoms with E-state index >= 15 is 0 Å². The second-order valence-corrected chi connectivity index (χ2v) is 4.82. The summed E-state index contributed by atoms with van der Waals surface area (Å²) in [6.45, 7) is 2.55. The Labute approximate surface area is 108 Å². The first kappa shape index (κ1) is 11.9. The second-order valence-electron chi connectivity index (χ2n) is 3.21. The van der Waals surface area contributed by atoms with Crippen LogP contribution in [0, 0.1) is 11.3 Å². The van der Waals surface area contributed by atoms with Gasteiger partial charge in [0.25, 0.3) is 0 Å². The van der Waals surface area contributed by atoms with E-state index in [1.54, 1.807) is 0 Å². The molecule has 1 aromatic carbocycles. The molecule has 0 saturated carbocycles. The lowest BCUT2D eigenvalue weighted by atomic mass is 10.2. The van der Waals surface area contributed by atoms with Crippen molar-refractivity contribution < 1.29 is 4.74 Å². The van der Waals surface area contributed by atoms with E-state index in [-0.39, 0.29) is 5.69 Å². The van der Waals surface area contributed by atoms with Crippen molar-refractivity contribution in [1.29, 1.82) is 5.26 Å². The summed E-state index contributed by atoms with van der Waals surface area (Å²) in [6, 6.07) is 9.54. The van der Waals surface area contributed by atoms with Crippen LogP contribution < -0.4 is 4.74 Å². The minimum atomic E-state index is 0.272. The molecule has 5 heteroatoms. The monoisotopic (exact) mass is 264 g/mol. The lowest BCUT2D eigenvalue weighted by molar-refractivity contribution is 0.340. The number of benzene rings is 1. The van der Waals surface area contributed by atoms with Gasteiger partial charge in [0.05, 0.1) is 6.61 Å². The Bertz CT molecular complexity index is 574. The van der Waals surface area contributed by atoms with Gasteiger partial charge in [0.15, 0.2) is 5.69 Å². The maximum atomic E-state index is 8.80. The zero-order chi connectivity index (χ0) is 12.3. The first-order chi connectivity index (χ1) is 8.24. The predicted molar refractivity (Wildman–Crippen MR) is 68.4 cm³/mol. The predicted octanol–water partition coefficient (Wildman–Crippen LogP) is 3.73. The molecule has 0 aliphatic rings. The zero-order valence-electron chi connectivity index (χ0n) is 9.11. The molecule has 0 atom stereocenters. The topological polar surface area (TPSA) is 45.9 Å². The molecule has 0 radical (unpaired) electrons. The van der Waals surface area contributed by atoms with Gasteiger partial charge in [-0.2, -0.15) is 5.26 Å². The van der Waals surface area contributed by atoms with Crippen LogP contribution in [0.2, 0.25) is 4.34 Å². The molecule has 0 N–H and O–H groups in total. The van der Waals surface area contributed by atoms with Crippen LogP contribution in [0.1, 0.15) is 12.6 Å². The molecule has 86 valence electrons. The molecule has 1 aromatic heterocycles. The highest BCUT2D eigenvalue weighted by Gasteiger charge is 2.10. The number of ether oxygens (including phenoxy) is 1. The summed E-state index contributed by atoms with van der Waals surface area (Å²) in [5, 5.41) is 9.53. The third-order valence-electron chi connectivity index (χ3n) is 2.08. The summed E-state index contributed by atoms with van der Waals surface area (Å²) in [4.78, 5) is 4.17. The van der Waals surface area contributed by atoms with Crippen molar-refractivity contribution >= 4 is 22.9 Å². The molecule has 17 heavy (non-hydrogen) atoms. The van der Waals surface area contributed by atoms with E-state index in [1.807, 2.05) is 37.3 Å². The van der Waals surface area contributed by atoms with Crippen molar-refractivity contribution in [3.05, 3.63) is 34.3 Å². The summed E-state index contributed by atoms with van der Waals surface area (Å²) in [6.07, 6.45) is 0. The molecule has 3 nitrogen and oxygen atoms in total. The van der Waals surface area contributed by atoms with Crippen LogP contribution in [-0.2, 0) is 0 Å². The van der Waals surface area contributed by atoms with Gasteiger partial charge >= 0.3 is 0 Å². The van der Waals surface area contributed by atoms with Crippen LogP contribution in [0.3, 0.4) is 0 Å². The van der Waals surface area contributed by atoms with Gasteiger partial charge in [0.1, 0.15) is 21.2 Å². The van der Waals surface area contributed by atoms with E-state index in [0.29, 0.717) is 10.9 Å². The second kappa shape index (κ2) is 5.17. The Morgan fingerprint density at radius 3 is 3.00 bits per heavy atom. The van der Waals surface area contributed by atoms with Crippen LogP contribution in [0.25, 0.3) is 10.6 Å². The smallest absolute Gasteiger partial charge is 0.170 e. The molecule has 0 saturated heterocycles. The molecule has 0 unspecified atom stereocenters. The minimum absolute atomic E-state index is 0.272. The van der Waals surface area contributed by atoms with E-state index < -0.39 is 0 Å². The SMILES string of the molecule is CCOc1cccc(-c2nc(C#N)c(Cl)s2)c1. The standard InChI is InChI=1S/C12H9ClN2OS/c1-2-16-9-5-3-4-8(6-9)12-15-10(7-14)11(13)17-12/h3-6H,2H2,1H3. The van der Waals surface area contributed by atoms with E-state index in [1.165, 1.54) is 11.3 Å².